The van der Waals surface area contributed by atoms with Gasteiger partial charge in [0.05, 0.1) is 25.2 Å². The molecular formula is C13H18O4. The van der Waals surface area contributed by atoms with Crippen LogP contribution in [0.25, 0.3) is 0 Å². The van der Waals surface area contributed by atoms with E-state index in [1.807, 2.05) is 30.3 Å². The molecule has 0 saturated heterocycles. The van der Waals surface area contributed by atoms with Gasteiger partial charge in [-0.2, -0.15) is 0 Å². The molecule has 0 aliphatic heterocycles. The van der Waals surface area contributed by atoms with Crippen LogP contribution in [-0.2, 0) is 20.9 Å². The highest BCUT2D eigenvalue weighted by Crippen LogP contribution is 2.09. The lowest BCUT2D eigenvalue weighted by atomic mass is 10.1. The van der Waals surface area contributed by atoms with Crippen LogP contribution in [0.5, 0.6) is 0 Å². The molecule has 17 heavy (non-hydrogen) atoms. The van der Waals surface area contributed by atoms with E-state index < -0.39 is 18.0 Å². The van der Waals surface area contributed by atoms with Crippen molar-refractivity contribution >= 4 is 5.97 Å². The minimum Gasteiger partial charge on any atom is -0.481 e. The first-order valence-corrected chi connectivity index (χ1v) is 5.52. The second-order valence-electron chi connectivity index (χ2n) is 3.90. The summed E-state index contributed by atoms with van der Waals surface area (Å²) in [7, 11) is 1.50. The summed E-state index contributed by atoms with van der Waals surface area (Å²) in [6.07, 6.45) is -0.420. The normalized spacial score (nSPS) is 14.2. The van der Waals surface area contributed by atoms with E-state index in [2.05, 4.69) is 0 Å². The van der Waals surface area contributed by atoms with Crippen molar-refractivity contribution in [3.05, 3.63) is 35.9 Å². The Bertz CT molecular complexity index is 337. The molecular weight excluding hydrogens is 220 g/mol. The number of carbonyl (C=O) groups is 1. The Labute approximate surface area is 101 Å². The van der Waals surface area contributed by atoms with Gasteiger partial charge in [0.2, 0.25) is 0 Å². The molecule has 94 valence electrons. The van der Waals surface area contributed by atoms with E-state index in [9.17, 15) is 4.79 Å². The molecule has 2 unspecified atom stereocenters. The zero-order valence-electron chi connectivity index (χ0n) is 10.1. The van der Waals surface area contributed by atoms with Crippen molar-refractivity contribution in [3.63, 3.8) is 0 Å². The number of hydrogen-bond acceptors (Lipinski definition) is 3. The molecule has 0 saturated carbocycles. The number of hydrogen-bond donors (Lipinski definition) is 1. The van der Waals surface area contributed by atoms with Gasteiger partial charge in [-0.15, -0.1) is 0 Å². The molecule has 0 fully saturated rings. The first-order chi connectivity index (χ1) is 8.15. The Hall–Kier alpha value is -1.39. The molecule has 0 aliphatic rings. The van der Waals surface area contributed by atoms with Crippen molar-refractivity contribution in [3.8, 4) is 0 Å². The molecule has 2 atom stereocenters. The van der Waals surface area contributed by atoms with E-state index in [-0.39, 0.29) is 6.61 Å². The van der Waals surface area contributed by atoms with Gasteiger partial charge >= 0.3 is 5.97 Å². The van der Waals surface area contributed by atoms with Crippen LogP contribution in [0, 0.1) is 5.92 Å². The number of benzene rings is 1. The van der Waals surface area contributed by atoms with Crippen molar-refractivity contribution in [2.75, 3.05) is 13.7 Å². The molecule has 4 nitrogen and oxygen atoms in total. The van der Waals surface area contributed by atoms with E-state index >= 15 is 0 Å². The fourth-order valence-electron chi connectivity index (χ4n) is 1.44. The summed E-state index contributed by atoms with van der Waals surface area (Å²) in [5, 5.41) is 8.86. The molecule has 4 heteroatoms. The van der Waals surface area contributed by atoms with Crippen molar-refractivity contribution < 1.29 is 19.4 Å². The van der Waals surface area contributed by atoms with Gasteiger partial charge in [-0.3, -0.25) is 4.79 Å². The van der Waals surface area contributed by atoms with Gasteiger partial charge in [-0.25, -0.2) is 0 Å². The number of rotatable bonds is 7. The van der Waals surface area contributed by atoms with Crippen LogP contribution in [0.4, 0.5) is 0 Å². The second-order valence-corrected chi connectivity index (χ2v) is 3.90. The Morgan fingerprint density at radius 3 is 2.53 bits per heavy atom. The van der Waals surface area contributed by atoms with Gasteiger partial charge in [0.15, 0.2) is 0 Å². The molecule has 1 aromatic rings. The van der Waals surface area contributed by atoms with Gasteiger partial charge in [0, 0.05) is 7.11 Å². The minimum atomic E-state index is -0.875. The van der Waals surface area contributed by atoms with E-state index in [0.29, 0.717) is 6.61 Å². The number of aliphatic carboxylic acids is 1. The summed E-state index contributed by atoms with van der Waals surface area (Å²) in [5.41, 5.74) is 1.06. The highest BCUT2D eigenvalue weighted by atomic mass is 16.5. The maximum absolute atomic E-state index is 10.8. The molecule has 0 amide bonds. The van der Waals surface area contributed by atoms with Crippen molar-refractivity contribution in [1.82, 2.24) is 0 Å². The molecule has 0 spiro atoms. The van der Waals surface area contributed by atoms with Crippen molar-refractivity contribution in [2.24, 2.45) is 5.92 Å². The number of methoxy groups -OCH3 is 1. The van der Waals surface area contributed by atoms with Crippen LogP contribution in [0.2, 0.25) is 0 Å². The SMILES string of the molecule is COC(COCc1ccccc1)C(C)C(=O)O. The smallest absolute Gasteiger partial charge is 0.308 e. The second kappa shape index (κ2) is 7.04. The third-order valence-electron chi connectivity index (χ3n) is 2.64. The molecule has 1 N–H and O–H groups in total. The third kappa shape index (κ3) is 4.54. The number of carboxylic acid groups (broad SMARTS) is 1. The van der Waals surface area contributed by atoms with Gasteiger partial charge < -0.3 is 14.6 Å². The van der Waals surface area contributed by atoms with E-state index in [0.717, 1.165) is 5.56 Å². The van der Waals surface area contributed by atoms with Crippen LogP contribution in [-0.4, -0.2) is 30.9 Å². The predicted octanol–water partition coefficient (Wildman–Crippen LogP) is 1.94. The van der Waals surface area contributed by atoms with Gasteiger partial charge in [-0.1, -0.05) is 30.3 Å². The quantitative estimate of drug-likeness (QED) is 0.788. The van der Waals surface area contributed by atoms with Crippen LogP contribution in [0.3, 0.4) is 0 Å². The Morgan fingerprint density at radius 1 is 1.35 bits per heavy atom. The zero-order valence-corrected chi connectivity index (χ0v) is 10.1. The first-order valence-electron chi connectivity index (χ1n) is 5.52. The van der Waals surface area contributed by atoms with Crippen LogP contribution < -0.4 is 0 Å². The number of carboxylic acids is 1. The van der Waals surface area contributed by atoms with E-state index in [1.54, 1.807) is 6.92 Å². The van der Waals surface area contributed by atoms with Crippen LogP contribution in [0.1, 0.15) is 12.5 Å². The Kier molecular flexibility index (Phi) is 5.66. The predicted molar refractivity (Wildman–Crippen MR) is 63.7 cm³/mol. The fraction of sp³-hybridized carbons (Fsp3) is 0.462. The summed E-state index contributed by atoms with van der Waals surface area (Å²) >= 11 is 0. The Balaban J connectivity index is 2.36. The highest BCUT2D eigenvalue weighted by molar-refractivity contribution is 5.70. The summed E-state index contributed by atoms with van der Waals surface area (Å²) in [6.45, 7) is 2.36. The number of ether oxygens (including phenoxy) is 2. The monoisotopic (exact) mass is 238 g/mol. The lowest BCUT2D eigenvalue weighted by Gasteiger charge is -2.19. The molecule has 1 aromatic carbocycles. The average Bonchev–Trinajstić information content (AvgIpc) is 2.35. The van der Waals surface area contributed by atoms with Crippen molar-refractivity contribution in [1.29, 1.82) is 0 Å². The van der Waals surface area contributed by atoms with E-state index in [1.165, 1.54) is 7.11 Å². The lowest BCUT2D eigenvalue weighted by Crippen LogP contribution is -2.31. The molecule has 0 aromatic heterocycles. The Morgan fingerprint density at radius 2 is 2.00 bits per heavy atom. The van der Waals surface area contributed by atoms with Gasteiger partial charge in [0.25, 0.3) is 0 Å². The summed E-state index contributed by atoms with van der Waals surface area (Å²) in [5.74, 6) is -1.45. The zero-order chi connectivity index (χ0) is 12.7. The molecule has 0 radical (unpaired) electrons. The first kappa shape index (κ1) is 13.7. The lowest BCUT2D eigenvalue weighted by molar-refractivity contribution is -0.147. The molecule has 0 aliphatic carbocycles. The summed E-state index contributed by atoms with van der Waals surface area (Å²) in [6, 6.07) is 9.73. The fourth-order valence-corrected chi connectivity index (χ4v) is 1.44. The topological polar surface area (TPSA) is 55.8 Å². The van der Waals surface area contributed by atoms with Crippen LogP contribution >= 0.6 is 0 Å². The summed E-state index contributed by atoms with van der Waals surface area (Å²) < 4.78 is 10.6. The minimum absolute atomic E-state index is 0.277. The maximum Gasteiger partial charge on any atom is 0.308 e. The van der Waals surface area contributed by atoms with Crippen molar-refractivity contribution in [2.45, 2.75) is 19.6 Å². The third-order valence-corrected chi connectivity index (χ3v) is 2.64. The van der Waals surface area contributed by atoms with Gasteiger partial charge in [0.1, 0.15) is 0 Å². The average molecular weight is 238 g/mol. The molecule has 0 bridgehead atoms. The summed E-state index contributed by atoms with van der Waals surface area (Å²) in [4.78, 5) is 10.8. The molecule has 0 heterocycles. The molecule has 1 rings (SSSR count). The van der Waals surface area contributed by atoms with Crippen LogP contribution in [0.15, 0.2) is 30.3 Å². The largest absolute Gasteiger partial charge is 0.481 e. The highest BCUT2D eigenvalue weighted by Gasteiger charge is 2.23. The standard InChI is InChI=1S/C13H18O4/c1-10(13(14)15)12(16-2)9-17-8-11-6-4-3-5-7-11/h3-7,10,12H,8-9H2,1-2H3,(H,14,15). The van der Waals surface area contributed by atoms with Gasteiger partial charge in [-0.05, 0) is 12.5 Å². The van der Waals surface area contributed by atoms with E-state index in [4.69, 9.17) is 14.6 Å². The maximum atomic E-state index is 10.8.